The van der Waals surface area contributed by atoms with Crippen LogP contribution in [0.15, 0.2) is 30.7 Å². The standard InChI is InChI=1S/C12H15N3/c1-2-4-11-9-15(8-10(11)3-1)12-7-13-5-6-14-12/h1-2,5-7,10-11H,3-4,8-9H2/t10-,11-/m1/s1. The number of allylic oxidation sites excluding steroid dienone is 2. The van der Waals surface area contributed by atoms with Crippen molar-refractivity contribution in [3.05, 3.63) is 30.7 Å². The van der Waals surface area contributed by atoms with E-state index in [4.69, 9.17) is 0 Å². The van der Waals surface area contributed by atoms with Gasteiger partial charge in [-0.2, -0.15) is 0 Å². The van der Waals surface area contributed by atoms with E-state index in [1.807, 2.05) is 6.20 Å². The van der Waals surface area contributed by atoms with E-state index >= 15 is 0 Å². The maximum atomic E-state index is 4.36. The number of aromatic nitrogens is 2. The summed E-state index contributed by atoms with van der Waals surface area (Å²) in [6.45, 7) is 2.29. The Morgan fingerprint density at radius 1 is 1.07 bits per heavy atom. The number of hydrogen-bond acceptors (Lipinski definition) is 3. The maximum Gasteiger partial charge on any atom is 0.147 e. The molecule has 2 atom stereocenters. The largest absolute Gasteiger partial charge is 0.355 e. The number of anilines is 1. The summed E-state index contributed by atoms with van der Waals surface area (Å²) in [5.41, 5.74) is 0. The van der Waals surface area contributed by atoms with Crippen molar-refractivity contribution in [1.29, 1.82) is 0 Å². The fraction of sp³-hybridized carbons (Fsp3) is 0.500. The number of rotatable bonds is 1. The van der Waals surface area contributed by atoms with Crippen molar-refractivity contribution in [2.24, 2.45) is 11.8 Å². The van der Waals surface area contributed by atoms with E-state index in [1.165, 1.54) is 12.8 Å². The quantitative estimate of drug-likeness (QED) is 0.650. The zero-order valence-electron chi connectivity index (χ0n) is 8.71. The minimum absolute atomic E-state index is 0.831. The first kappa shape index (κ1) is 8.89. The average Bonchev–Trinajstić information content (AvgIpc) is 2.74. The van der Waals surface area contributed by atoms with Gasteiger partial charge in [-0.3, -0.25) is 4.98 Å². The maximum absolute atomic E-state index is 4.36. The van der Waals surface area contributed by atoms with Crippen LogP contribution in [-0.4, -0.2) is 23.1 Å². The zero-order chi connectivity index (χ0) is 10.1. The molecule has 78 valence electrons. The minimum atomic E-state index is 0.831. The molecule has 1 saturated heterocycles. The van der Waals surface area contributed by atoms with Gasteiger partial charge in [-0.15, -0.1) is 0 Å². The van der Waals surface area contributed by atoms with E-state index in [2.05, 4.69) is 27.0 Å². The van der Waals surface area contributed by atoms with Gasteiger partial charge in [0.1, 0.15) is 5.82 Å². The van der Waals surface area contributed by atoms with Gasteiger partial charge >= 0.3 is 0 Å². The Bertz CT molecular complexity index is 344. The molecule has 0 spiro atoms. The smallest absolute Gasteiger partial charge is 0.147 e. The molecule has 0 saturated carbocycles. The Balaban J connectivity index is 1.77. The SMILES string of the molecule is C1=CC[C@@H]2CN(c3cnccn3)C[C@H]2C1. The molecule has 1 aliphatic carbocycles. The molecule has 3 nitrogen and oxygen atoms in total. The molecule has 0 amide bonds. The van der Waals surface area contributed by atoms with Crippen molar-refractivity contribution >= 4 is 5.82 Å². The molecule has 1 aromatic heterocycles. The van der Waals surface area contributed by atoms with E-state index in [-0.39, 0.29) is 0 Å². The summed E-state index contributed by atoms with van der Waals surface area (Å²) in [6, 6.07) is 0. The molecule has 0 bridgehead atoms. The Morgan fingerprint density at radius 2 is 1.80 bits per heavy atom. The second-order valence-electron chi connectivity index (χ2n) is 4.43. The second kappa shape index (κ2) is 3.65. The molecular formula is C12H15N3. The number of fused-ring (bicyclic) bond motifs is 1. The number of hydrogen-bond donors (Lipinski definition) is 0. The molecular weight excluding hydrogens is 186 g/mol. The lowest BCUT2D eigenvalue weighted by Crippen LogP contribution is -2.20. The van der Waals surface area contributed by atoms with Crippen LogP contribution in [0.25, 0.3) is 0 Å². The van der Waals surface area contributed by atoms with Crippen molar-refractivity contribution in [2.75, 3.05) is 18.0 Å². The Hall–Kier alpha value is -1.38. The van der Waals surface area contributed by atoms with Gasteiger partial charge in [0.15, 0.2) is 0 Å². The third-order valence-electron chi connectivity index (χ3n) is 3.49. The van der Waals surface area contributed by atoms with Gasteiger partial charge in [0, 0.05) is 25.5 Å². The van der Waals surface area contributed by atoms with Crippen molar-refractivity contribution in [3.8, 4) is 0 Å². The summed E-state index contributed by atoms with van der Waals surface area (Å²) in [6.07, 6.45) is 12.5. The van der Waals surface area contributed by atoms with Crippen molar-refractivity contribution in [3.63, 3.8) is 0 Å². The Kier molecular flexibility index (Phi) is 2.16. The van der Waals surface area contributed by atoms with Crippen LogP contribution in [0.3, 0.4) is 0 Å². The molecule has 15 heavy (non-hydrogen) atoms. The van der Waals surface area contributed by atoms with Crippen LogP contribution in [-0.2, 0) is 0 Å². The van der Waals surface area contributed by atoms with E-state index in [9.17, 15) is 0 Å². The topological polar surface area (TPSA) is 29.0 Å². The molecule has 1 aliphatic heterocycles. The first-order chi connectivity index (χ1) is 7.43. The first-order valence-electron chi connectivity index (χ1n) is 5.59. The van der Waals surface area contributed by atoms with Gasteiger partial charge in [0.25, 0.3) is 0 Å². The van der Waals surface area contributed by atoms with Gasteiger partial charge in [0.05, 0.1) is 6.20 Å². The number of nitrogens with zero attached hydrogens (tertiary/aromatic N) is 3. The van der Waals surface area contributed by atoms with Crippen LogP contribution in [0, 0.1) is 11.8 Å². The fourth-order valence-electron chi connectivity index (χ4n) is 2.66. The molecule has 0 radical (unpaired) electrons. The van der Waals surface area contributed by atoms with Crippen LogP contribution in [0.2, 0.25) is 0 Å². The summed E-state index contributed by atoms with van der Waals surface area (Å²) < 4.78 is 0. The summed E-state index contributed by atoms with van der Waals surface area (Å²) >= 11 is 0. The Morgan fingerprint density at radius 3 is 2.40 bits per heavy atom. The highest BCUT2D eigenvalue weighted by molar-refractivity contribution is 5.37. The molecule has 3 rings (SSSR count). The highest BCUT2D eigenvalue weighted by Crippen LogP contribution is 2.34. The van der Waals surface area contributed by atoms with Gasteiger partial charge < -0.3 is 4.90 Å². The van der Waals surface area contributed by atoms with Crippen LogP contribution >= 0.6 is 0 Å². The summed E-state index contributed by atoms with van der Waals surface area (Å²) in [5, 5.41) is 0. The van der Waals surface area contributed by atoms with E-state index in [1.54, 1.807) is 12.4 Å². The van der Waals surface area contributed by atoms with E-state index in [0.717, 1.165) is 30.7 Å². The zero-order valence-corrected chi connectivity index (χ0v) is 8.71. The molecule has 1 fully saturated rings. The lowest BCUT2D eigenvalue weighted by Gasteiger charge is -2.17. The van der Waals surface area contributed by atoms with Gasteiger partial charge in [-0.05, 0) is 24.7 Å². The normalized spacial score (nSPS) is 29.2. The van der Waals surface area contributed by atoms with Gasteiger partial charge in [-0.25, -0.2) is 4.98 Å². The third-order valence-corrected chi connectivity index (χ3v) is 3.49. The lowest BCUT2D eigenvalue weighted by molar-refractivity contribution is 0.411. The summed E-state index contributed by atoms with van der Waals surface area (Å²) in [5.74, 6) is 2.70. The second-order valence-corrected chi connectivity index (χ2v) is 4.43. The van der Waals surface area contributed by atoms with E-state index < -0.39 is 0 Å². The predicted molar refractivity (Wildman–Crippen MR) is 59.6 cm³/mol. The van der Waals surface area contributed by atoms with Crippen molar-refractivity contribution in [2.45, 2.75) is 12.8 Å². The molecule has 0 unspecified atom stereocenters. The Labute approximate surface area is 89.8 Å². The highest BCUT2D eigenvalue weighted by atomic mass is 15.2. The molecule has 2 aliphatic rings. The first-order valence-corrected chi connectivity index (χ1v) is 5.59. The third kappa shape index (κ3) is 1.62. The molecule has 0 aromatic carbocycles. The monoisotopic (exact) mass is 201 g/mol. The highest BCUT2D eigenvalue weighted by Gasteiger charge is 2.33. The van der Waals surface area contributed by atoms with Crippen LogP contribution in [0.4, 0.5) is 5.82 Å². The summed E-state index contributed by atoms with van der Waals surface area (Å²) in [7, 11) is 0. The van der Waals surface area contributed by atoms with Crippen LogP contribution in [0.1, 0.15) is 12.8 Å². The minimum Gasteiger partial charge on any atom is -0.355 e. The van der Waals surface area contributed by atoms with Crippen LogP contribution in [0.5, 0.6) is 0 Å². The van der Waals surface area contributed by atoms with Gasteiger partial charge in [0.2, 0.25) is 0 Å². The van der Waals surface area contributed by atoms with E-state index in [0.29, 0.717) is 0 Å². The van der Waals surface area contributed by atoms with Gasteiger partial charge in [-0.1, -0.05) is 12.2 Å². The fourth-order valence-corrected chi connectivity index (χ4v) is 2.66. The molecule has 2 heterocycles. The molecule has 1 aromatic rings. The van der Waals surface area contributed by atoms with Crippen LogP contribution < -0.4 is 4.90 Å². The lowest BCUT2D eigenvalue weighted by atomic mass is 9.86. The van der Waals surface area contributed by atoms with Crippen molar-refractivity contribution < 1.29 is 0 Å². The average molecular weight is 201 g/mol. The summed E-state index contributed by atoms with van der Waals surface area (Å²) in [4.78, 5) is 10.9. The molecule has 0 N–H and O–H groups in total. The van der Waals surface area contributed by atoms with Crippen molar-refractivity contribution in [1.82, 2.24) is 9.97 Å². The predicted octanol–water partition coefficient (Wildman–Crippen LogP) is 1.88. The molecule has 3 heteroatoms.